The molecule has 0 spiro atoms. The quantitative estimate of drug-likeness (QED) is 0.879. The van der Waals surface area contributed by atoms with Crippen molar-refractivity contribution in [2.75, 3.05) is 19.0 Å². The normalized spacial score (nSPS) is 11.9. The standard InChI is InChI=1S/C15H17ClN2O/c1-19-15-9-5-2-6-11(15)14(10-17)18-13-8-4-3-7-12(13)16/h2-9,14,18H,10,17H2,1H3. The minimum Gasteiger partial charge on any atom is -0.496 e. The van der Waals surface area contributed by atoms with Crippen molar-refractivity contribution >= 4 is 17.3 Å². The molecular weight excluding hydrogens is 260 g/mol. The third kappa shape index (κ3) is 3.19. The van der Waals surface area contributed by atoms with Gasteiger partial charge >= 0.3 is 0 Å². The molecule has 0 saturated heterocycles. The molecule has 3 nitrogen and oxygen atoms in total. The van der Waals surface area contributed by atoms with Gasteiger partial charge in [-0.25, -0.2) is 0 Å². The van der Waals surface area contributed by atoms with Gasteiger partial charge in [0.1, 0.15) is 5.75 Å². The van der Waals surface area contributed by atoms with Gasteiger partial charge in [-0.2, -0.15) is 0 Å². The highest BCUT2D eigenvalue weighted by molar-refractivity contribution is 6.33. The summed E-state index contributed by atoms with van der Waals surface area (Å²) in [5.74, 6) is 0.817. The number of para-hydroxylation sites is 2. The Bertz CT molecular complexity index is 545. The van der Waals surface area contributed by atoms with Gasteiger partial charge in [0.2, 0.25) is 0 Å². The number of nitrogens with one attached hydrogen (secondary N) is 1. The van der Waals surface area contributed by atoms with E-state index in [-0.39, 0.29) is 6.04 Å². The van der Waals surface area contributed by atoms with Gasteiger partial charge in [0.25, 0.3) is 0 Å². The Morgan fingerprint density at radius 1 is 1.16 bits per heavy atom. The lowest BCUT2D eigenvalue weighted by atomic mass is 10.1. The molecule has 0 aliphatic heterocycles. The first-order valence-corrected chi connectivity index (χ1v) is 6.48. The Morgan fingerprint density at radius 2 is 1.84 bits per heavy atom. The summed E-state index contributed by atoms with van der Waals surface area (Å²) >= 11 is 6.15. The van der Waals surface area contributed by atoms with E-state index in [1.807, 2.05) is 48.5 Å². The maximum absolute atomic E-state index is 6.15. The van der Waals surface area contributed by atoms with Crippen LogP contribution in [0.25, 0.3) is 0 Å². The fourth-order valence-electron chi connectivity index (χ4n) is 1.98. The number of ether oxygens (including phenoxy) is 1. The van der Waals surface area contributed by atoms with E-state index in [1.165, 1.54) is 0 Å². The van der Waals surface area contributed by atoms with E-state index in [1.54, 1.807) is 7.11 Å². The summed E-state index contributed by atoms with van der Waals surface area (Å²) in [5.41, 5.74) is 7.75. The third-order valence-electron chi connectivity index (χ3n) is 2.95. The summed E-state index contributed by atoms with van der Waals surface area (Å²) < 4.78 is 5.37. The molecule has 100 valence electrons. The predicted octanol–water partition coefficient (Wildman–Crippen LogP) is 3.46. The van der Waals surface area contributed by atoms with Crippen LogP contribution in [0.3, 0.4) is 0 Å². The Kier molecular flexibility index (Phi) is 4.66. The Hall–Kier alpha value is -1.71. The first-order chi connectivity index (χ1) is 9.26. The van der Waals surface area contributed by atoms with Crippen molar-refractivity contribution in [2.45, 2.75) is 6.04 Å². The predicted molar refractivity (Wildman–Crippen MR) is 79.9 cm³/mol. The highest BCUT2D eigenvalue weighted by Crippen LogP contribution is 2.29. The summed E-state index contributed by atoms with van der Waals surface area (Å²) in [5, 5.41) is 4.03. The van der Waals surface area contributed by atoms with Gasteiger partial charge in [-0.1, -0.05) is 41.9 Å². The van der Waals surface area contributed by atoms with Gasteiger partial charge in [0.05, 0.1) is 23.9 Å². The summed E-state index contributed by atoms with van der Waals surface area (Å²) in [6, 6.07) is 15.4. The zero-order chi connectivity index (χ0) is 13.7. The Morgan fingerprint density at radius 3 is 2.53 bits per heavy atom. The number of hydrogen-bond donors (Lipinski definition) is 2. The molecule has 2 aromatic rings. The van der Waals surface area contributed by atoms with Crippen LogP contribution in [0.1, 0.15) is 11.6 Å². The molecule has 1 unspecified atom stereocenters. The molecule has 0 aliphatic rings. The maximum Gasteiger partial charge on any atom is 0.124 e. The lowest BCUT2D eigenvalue weighted by molar-refractivity contribution is 0.407. The van der Waals surface area contributed by atoms with Crippen LogP contribution in [0.4, 0.5) is 5.69 Å². The van der Waals surface area contributed by atoms with E-state index in [2.05, 4.69) is 5.32 Å². The molecule has 2 rings (SSSR count). The zero-order valence-corrected chi connectivity index (χ0v) is 11.5. The van der Waals surface area contributed by atoms with Crippen LogP contribution in [0.2, 0.25) is 5.02 Å². The van der Waals surface area contributed by atoms with E-state index in [0.717, 1.165) is 17.0 Å². The topological polar surface area (TPSA) is 47.3 Å². The summed E-state index contributed by atoms with van der Waals surface area (Å²) in [6.45, 7) is 0.450. The number of benzene rings is 2. The largest absolute Gasteiger partial charge is 0.496 e. The molecule has 0 heterocycles. The maximum atomic E-state index is 6.15. The Balaban J connectivity index is 2.28. The third-order valence-corrected chi connectivity index (χ3v) is 3.28. The first-order valence-electron chi connectivity index (χ1n) is 6.10. The van der Waals surface area contributed by atoms with Crippen molar-refractivity contribution in [2.24, 2.45) is 5.73 Å². The van der Waals surface area contributed by atoms with Crippen molar-refractivity contribution in [1.29, 1.82) is 0 Å². The fourth-order valence-corrected chi connectivity index (χ4v) is 2.17. The summed E-state index contributed by atoms with van der Waals surface area (Å²) in [7, 11) is 1.65. The number of halogens is 1. The fraction of sp³-hybridized carbons (Fsp3) is 0.200. The van der Waals surface area contributed by atoms with Gasteiger partial charge in [-0.3, -0.25) is 0 Å². The van der Waals surface area contributed by atoms with E-state index in [9.17, 15) is 0 Å². The minimum absolute atomic E-state index is 0.0453. The molecule has 4 heteroatoms. The molecular formula is C15H17ClN2O. The molecule has 0 fully saturated rings. The lowest BCUT2D eigenvalue weighted by Crippen LogP contribution is -2.21. The average Bonchev–Trinajstić information content (AvgIpc) is 2.46. The number of hydrogen-bond acceptors (Lipinski definition) is 3. The van der Waals surface area contributed by atoms with Gasteiger partial charge in [0.15, 0.2) is 0 Å². The van der Waals surface area contributed by atoms with Crippen LogP contribution >= 0.6 is 11.6 Å². The van der Waals surface area contributed by atoms with Crippen molar-refractivity contribution in [3.8, 4) is 5.75 Å². The molecule has 19 heavy (non-hydrogen) atoms. The second-order valence-electron chi connectivity index (χ2n) is 4.15. The molecule has 1 atom stereocenters. The van der Waals surface area contributed by atoms with Gasteiger partial charge in [-0.05, 0) is 18.2 Å². The van der Waals surface area contributed by atoms with Gasteiger partial charge in [-0.15, -0.1) is 0 Å². The highest BCUT2D eigenvalue weighted by atomic mass is 35.5. The van der Waals surface area contributed by atoms with Crippen LogP contribution in [0.5, 0.6) is 5.75 Å². The minimum atomic E-state index is -0.0453. The van der Waals surface area contributed by atoms with Crippen LogP contribution < -0.4 is 15.8 Å². The molecule has 3 N–H and O–H groups in total. The number of anilines is 1. The van der Waals surface area contributed by atoms with Gasteiger partial charge < -0.3 is 15.8 Å². The second-order valence-corrected chi connectivity index (χ2v) is 4.56. The molecule has 0 aromatic heterocycles. The van der Waals surface area contributed by atoms with E-state index < -0.39 is 0 Å². The van der Waals surface area contributed by atoms with E-state index >= 15 is 0 Å². The summed E-state index contributed by atoms with van der Waals surface area (Å²) in [4.78, 5) is 0. The van der Waals surface area contributed by atoms with E-state index in [0.29, 0.717) is 11.6 Å². The molecule has 0 bridgehead atoms. The first kappa shape index (κ1) is 13.7. The van der Waals surface area contributed by atoms with Crippen LogP contribution in [-0.4, -0.2) is 13.7 Å². The molecule has 0 aliphatic carbocycles. The SMILES string of the molecule is COc1ccccc1C(CN)Nc1ccccc1Cl. The molecule has 2 aromatic carbocycles. The van der Waals surface area contributed by atoms with Crippen LogP contribution in [0, 0.1) is 0 Å². The average molecular weight is 277 g/mol. The number of rotatable bonds is 5. The van der Waals surface area contributed by atoms with Crippen molar-refractivity contribution in [3.63, 3.8) is 0 Å². The number of nitrogens with two attached hydrogens (primary N) is 1. The molecule has 0 radical (unpaired) electrons. The summed E-state index contributed by atoms with van der Waals surface area (Å²) in [6.07, 6.45) is 0. The van der Waals surface area contributed by atoms with Gasteiger partial charge in [0, 0.05) is 12.1 Å². The lowest BCUT2D eigenvalue weighted by Gasteiger charge is -2.21. The van der Waals surface area contributed by atoms with Crippen molar-refractivity contribution in [1.82, 2.24) is 0 Å². The number of methoxy groups -OCH3 is 1. The van der Waals surface area contributed by atoms with Crippen molar-refractivity contribution < 1.29 is 4.74 Å². The monoisotopic (exact) mass is 276 g/mol. The smallest absolute Gasteiger partial charge is 0.124 e. The molecule has 0 amide bonds. The van der Waals surface area contributed by atoms with Crippen LogP contribution in [-0.2, 0) is 0 Å². The Labute approximate surface area is 118 Å². The van der Waals surface area contributed by atoms with Crippen molar-refractivity contribution in [3.05, 3.63) is 59.1 Å². The van der Waals surface area contributed by atoms with E-state index in [4.69, 9.17) is 22.1 Å². The zero-order valence-electron chi connectivity index (χ0n) is 10.8. The highest BCUT2D eigenvalue weighted by Gasteiger charge is 2.14. The van der Waals surface area contributed by atoms with Crippen LogP contribution in [0.15, 0.2) is 48.5 Å². The molecule has 0 saturated carbocycles. The second kappa shape index (κ2) is 6.45.